The Morgan fingerprint density at radius 2 is 1.89 bits per heavy atom. The molecule has 4 fully saturated rings. The number of esters is 2. The van der Waals surface area contributed by atoms with Gasteiger partial charge in [0.15, 0.2) is 11.4 Å². The maximum Gasteiger partial charge on any atom is 0.338 e. The predicted octanol–water partition coefficient (Wildman–Crippen LogP) is -0.655. The molecule has 2 aliphatic heterocycles. The average molecular weight is 392 g/mol. The monoisotopic (exact) mass is 392 g/mol. The van der Waals surface area contributed by atoms with E-state index in [0.29, 0.717) is 5.57 Å². The van der Waals surface area contributed by atoms with Crippen molar-refractivity contribution < 1.29 is 39.2 Å². The molecule has 2 heterocycles. The molecule has 0 aromatic carbocycles. The van der Waals surface area contributed by atoms with Gasteiger partial charge in [-0.3, -0.25) is 9.59 Å². The minimum absolute atomic E-state index is 0.0144. The first-order valence-corrected chi connectivity index (χ1v) is 9.69. The van der Waals surface area contributed by atoms with Crippen molar-refractivity contribution in [3.05, 3.63) is 11.6 Å². The third-order valence-corrected chi connectivity index (χ3v) is 8.58. The summed E-state index contributed by atoms with van der Waals surface area (Å²) in [6.07, 6.45) is -2.41. The SMILES string of the molecule is CC1=CC(=O)[C@@H](O)[C@@]2(C)[C@H]3[C@@]4(O)C(=O)OC[C@@]35[C@H](OC(=O)C[C@H]5[C@H]4C)[C@H](O)[C@H]12. The maximum atomic E-state index is 12.8. The van der Waals surface area contributed by atoms with Gasteiger partial charge in [-0.2, -0.15) is 0 Å². The van der Waals surface area contributed by atoms with Crippen LogP contribution in [0.2, 0.25) is 0 Å². The fourth-order valence-electron chi connectivity index (χ4n) is 7.71. The van der Waals surface area contributed by atoms with E-state index >= 15 is 0 Å². The van der Waals surface area contributed by atoms with Crippen molar-refractivity contribution in [1.82, 2.24) is 0 Å². The van der Waals surface area contributed by atoms with Crippen molar-refractivity contribution >= 4 is 17.7 Å². The molecule has 5 aliphatic rings. The van der Waals surface area contributed by atoms with Crippen molar-refractivity contribution in [2.24, 2.45) is 34.5 Å². The molecule has 1 spiro atoms. The highest BCUT2D eigenvalue weighted by atomic mass is 16.6. The van der Waals surface area contributed by atoms with Crippen LogP contribution in [0.25, 0.3) is 0 Å². The zero-order chi connectivity index (χ0) is 20.4. The van der Waals surface area contributed by atoms with Crippen LogP contribution in [0.4, 0.5) is 0 Å². The lowest BCUT2D eigenvalue weighted by molar-refractivity contribution is -0.292. The fraction of sp³-hybridized carbons (Fsp3) is 0.750. The molecule has 28 heavy (non-hydrogen) atoms. The van der Waals surface area contributed by atoms with Gasteiger partial charge in [-0.05, 0) is 18.9 Å². The van der Waals surface area contributed by atoms with E-state index in [1.54, 1.807) is 20.8 Å². The summed E-state index contributed by atoms with van der Waals surface area (Å²) in [6, 6.07) is 0. The first-order valence-electron chi connectivity index (χ1n) is 9.69. The molecular formula is C20H24O8. The van der Waals surface area contributed by atoms with E-state index in [-0.39, 0.29) is 13.0 Å². The van der Waals surface area contributed by atoms with Gasteiger partial charge in [-0.1, -0.05) is 19.4 Å². The molecule has 3 aliphatic carbocycles. The summed E-state index contributed by atoms with van der Waals surface area (Å²) in [7, 11) is 0. The number of carbonyl (C=O) groups is 3. The Morgan fingerprint density at radius 3 is 2.57 bits per heavy atom. The highest BCUT2D eigenvalue weighted by molar-refractivity contribution is 5.96. The molecule has 2 saturated carbocycles. The van der Waals surface area contributed by atoms with Crippen molar-refractivity contribution in [3.63, 3.8) is 0 Å². The highest BCUT2D eigenvalue weighted by Crippen LogP contribution is 2.74. The first kappa shape index (κ1) is 18.3. The van der Waals surface area contributed by atoms with Crippen LogP contribution in [-0.2, 0) is 23.9 Å². The average Bonchev–Trinajstić information content (AvgIpc) is 2.78. The Labute approximate surface area is 161 Å². The molecule has 0 radical (unpaired) electrons. The number of hydrogen-bond acceptors (Lipinski definition) is 8. The minimum Gasteiger partial charge on any atom is -0.463 e. The molecule has 152 valence electrons. The quantitative estimate of drug-likeness (QED) is 0.464. The number of ether oxygens (including phenoxy) is 2. The predicted molar refractivity (Wildman–Crippen MR) is 91.4 cm³/mol. The van der Waals surface area contributed by atoms with Gasteiger partial charge in [0.2, 0.25) is 0 Å². The summed E-state index contributed by atoms with van der Waals surface area (Å²) in [6.45, 7) is 4.89. The molecule has 0 aromatic rings. The lowest BCUT2D eigenvalue weighted by Crippen LogP contribution is -2.76. The van der Waals surface area contributed by atoms with Gasteiger partial charge < -0.3 is 24.8 Å². The molecule has 0 amide bonds. The van der Waals surface area contributed by atoms with Crippen molar-refractivity contribution in [3.8, 4) is 0 Å². The molecule has 8 nitrogen and oxygen atoms in total. The summed E-state index contributed by atoms with van der Waals surface area (Å²) in [4.78, 5) is 37.7. The van der Waals surface area contributed by atoms with Gasteiger partial charge >= 0.3 is 11.9 Å². The van der Waals surface area contributed by atoms with Crippen LogP contribution in [0.15, 0.2) is 11.6 Å². The number of hydrogen-bond donors (Lipinski definition) is 3. The van der Waals surface area contributed by atoms with Gasteiger partial charge in [0.1, 0.15) is 18.8 Å². The van der Waals surface area contributed by atoms with Crippen LogP contribution < -0.4 is 0 Å². The van der Waals surface area contributed by atoms with E-state index in [0.717, 1.165) is 0 Å². The number of carbonyl (C=O) groups excluding carboxylic acids is 3. The Hall–Kier alpha value is -1.77. The van der Waals surface area contributed by atoms with Crippen LogP contribution in [0.5, 0.6) is 0 Å². The Morgan fingerprint density at radius 1 is 1.21 bits per heavy atom. The van der Waals surface area contributed by atoms with Crippen LogP contribution in [0, 0.1) is 34.5 Å². The van der Waals surface area contributed by atoms with Crippen molar-refractivity contribution in [2.75, 3.05) is 6.61 Å². The van der Waals surface area contributed by atoms with Gasteiger partial charge in [0.25, 0.3) is 0 Å². The summed E-state index contributed by atoms with van der Waals surface area (Å²) in [5.41, 5.74) is -3.82. The van der Waals surface area contributed by atoms with Crippen molar-refractivity contribution in [2.45, 2.75) is 51.1 Å². The second-order valence-electron chi connectivity index (χ2n) is 9.48. The van der Waals surface area contributed by atoms with Crippen LogP contribution >= 0.6 is 0 Å². The Kier molecular flexibility index (Phi) is 3.29. The molecule has 0 unspecified atom stereocenters. The molecule has 5 rings (SSSR count). The fourth-order valence-corrected chi connectivity index (χ4v) is 7.71. The smallest absolute Gasteiger partial charge is 0.338 e. The van der Waals surface area contributed by atoms with E-state index in [1.165, 1.54) is 6.08 Å². The van der Waals surface area contributed by atoms with Gasteiger partial charge in [-0.15, -0.1) is 0 Å². The van der Waals surface area contributed by atoms with E-state index in [1.807, 2.05) is 0 Å². The molecule has 2 saturated heterocycles. The topological polar surface area (TPSA) is 130 Å². The zero-order valence-corrected chi connectivity index (χ0v) is 15.9. The number of ketones is 1. The maximum absolute atomic E-state index is 12.8. The number of aliphatic hydroxyl groups excluding tert-OH is 2. The second kappa shape index (κ2) is 5.04. The normalized spacial score (nSPS) is 57.0. The van der Waals surface area contributed by atoms with E-state index in [9.17, 15) is 29.7 Å². The number of fused-ring (bicyclic) bond motifs is 1. The van der Waals surface area contributed by atoms with Crippen molar-refractivity contribution in [1.29, 1.82) is 0 Å². The van der Waals surface area contributed by atoms with E-state index in [4.69, 9.17) is 9.47 Å². The van der Waals surface area contributed by atoms with E-state index < -0.39 is 76.1 Å². The summed E-state index contributed by atoms with van der Waals surface area (Å²) < 4.78 is 11.0. The second-order valence-corrected chi connectivity index (χ2v) is 9.48. The zero-order valence-electron chi connectivity index (χ0n) is 15.9. The third kappa shape index (κ3) is 1.61. The molecular weight excluding hydrogens is 368 g/mol. The minimum atomic E-state index is -1.98. The van der Waals surface area contributed by atoms with E-state index in [2.05, 4.69) is 0 Å². The number of aliphatic hydroxyl groups is 3. The molecule has 2 bridgehead atoms. The molecule has 10 atom stereocenters. The Bertz CT molecular complexity index is 849. The third-order valence-electron chi connectivity index (χ3n) is 8.58. The van der Waals surface area contributed by atoms with Gasteiger partial charge in [-0.25, -0.2) is 4.79 Å². The lowest BCUT2D eigenvalue weighted by Gasteiger charge is -2.65. The van der Waals surface area contributed by atoms with Crippen LogP contribution in [-0.4, -0.2) is 63.6 Å². The molecule has 0 aromatic heterocycles. The highest BCUT2D eigenvalue weighted by Gasteiger charge is 2.85. The summed E-state index contributed by atoms with van der Waals surface area (Å²) in [5.74, 6) is -4.59. The van der Waals surface area contributed by atoms with Gasteiger partial charge in [0.05, 0.1) is 11.5 Å². The van der Waals surface area contributed by atoms with Crippen LogP contribution in [0.1, 0.15) is 27.2 Å². The number of rotatable bonds is 0. The lowest BCUT2D eigenvalue weighted by atomic mass is 9.42. The largest absolute Gasteiger partial charge is 0.463 e. The van der Waals surface area contributed by atoms with Gasteiger partial charge in [0, 0.05) is 29.6 Å². The van der Waals surface area contributed by atoms with Crippen LogP contribution in [0.3, 0.4) is 0 Å². The summed E-state index contributed by atoms with van der Waals surface area (Å²) in [5, 5.41) is 34.0. The Balaban J connectivity index is 1.85. The standard InChI is InChI=1S/C20H24O8/c1-7-4-10(21)14(24)18(3)12(7)13(23)15-19-6-27-17(25)20(26,16(18)19)8(2)9(19)5-11(22)28-15/h4,8-9,12-16,23-24,26H,5-6H2,1-3H3/t8-,9+,12+,13-,14-,15-,16-,18+,19-,20-/m1/s1. The summed E-state index contributed by atoms with van der Waals surface area (Å²) >= 11 is 0. The first-order chi connectivity index (χ1) is 13.0. The molecule has 8 heteroatoms. The molecule has 3 N–H and O–H groups in total. The number of cyclic esters (lactones) is 1.